The summed E-state index contributed by atoms with van der Waals surface area (Å²) in [5.41, 5.74) is 0. The molecule has 12 nitrogen and oxygen atoms in total. The highest BCUT2D eigenvalue weighted by Crippen LogP contribution is 2.30. The van der Waals surface area contributed by atoms with Crippen LogP contribution < -0.4 is 0 Å². The topological polar surface area (TPSA) is 185 Å². The second-order valence-electron chi connectivity index (χ2n) is 6.75. The zero-order valence-electron chi connectivity index (χ0n) is 19.9. The molecule has 36 heavy (non-hydrogen) atoms. The lowest BCUT2D eigenvalue weighted by Crippen LogP contribution is -2.40. The van der Waals surface area contributed by atoms with Crippen LogP contribution in [0.25, 0.3) is 0 Å². The molecule has 0 saturated heterocycles. The molecule has 0 saturated carbocycles. The van der Waals surface area contributed by atoms with E-state index in [-0.39, 0.29) is 11.5 Å². The molecule has 0 aliphatic carbocycles. The Balaban J connectivity index is 4.64. The molecule has 2 unspecified atom stereocenters. The predicted molar refractivity (Wildman–Crippen MR) is 140 cm³/mol. The van der Waals surface area contributed by atoms with Crippen LogP contribution >= 0.6 is 43.2 Å². The van der Waals surface area contributed by atoms with Crippen molar-refractivity contribution in [1.29, 1.82) is 0 Å². The van der Waals surface area contributed by atoms with E-state index in [4.69, 9.17) is 18.9 Å². The van der Waals surface area contributed by atoms with Crippen molar-refractivity contribution in [2.75, 3.05) is 34.5 Å². The maximum atomic E-state index is 11.4. The van der Waals surface area contributed by atoms with Gasteiger partial charge in [0.2, 0.25) is 0 Å². The van der Waals surface area contributed by atoms with Crippen molar-refractivity contribution in [3.05, 3.63) is 0 Å². The highest BCUT2D eigenvalue weighted by Gasteiger charge is 2.29. The van der Waals surface area contributed by atoms with Crippen LogP contribution in [0.1, 0.15) is 27.7 Å². The quantitative estimate of drug-likeness (QED) is 0.0653. The molecule has 18 heteroatoms. The van der Waals surface area contributed by atoms with Gasteiger partial charge in [-0.2, -0.15) is 0 Å². The Morgan fingerprint density at radius 3 is 1.11 bits per heavy atom. The number of hydrogen-bond donors (Lipinski definition) is 0. The second kappa shape index (κ2) is 20.5. The molecule has 0 aromatic carbocycles. The molecule has 0 aromatic heterocycles. The largest absolute Gasteiger partial charge is 0.772 e. The first kappa shape index (κ1) is 35.5. The van der Waals surface area contributed by atoms with Gasteiger partial charge in [-0.1, -0.05) is 65.3 Å². The number of rotatable bonds is 19. The third kappa shape index (κ3) is 19.6. The smallest absolute Gasteiger partial charge is 0.303 e. The van der Waals surface area contributed by atoms with Crippen molar-refractivity contribution in [3.63, 3.8) is 0 Å². The molecule has 0 fully saturated rings. The molecule has 0 bridgehead atoms. The van der Waals surface area contributed by atoms with Crippen molar-refractivity contribution in [3.8, 4) is 0 Å². The summed E-state index contributed by atoms with van der Waals surface area (Å²) in [6.07, 6.45) is -4.15. The number of ether oxygens (including phenoxy) is 4. The van der Waals surface area contributed by atoms with Crippen LogP contribution in [0.2, 0.25) is 0 Å². The van der Waals surface area contributed by atoms with Crippen LogP contribution in [0.15, 0.2) is 0 Å². The van der Waals surface area contributed by atoms with Gasteiger partial charge in [0.05, 0.1) is 11.5 Å². The third-order valence-electron chi connectivity index (χ3n) is 3.58. The second-order valence-corrected chi connectivity index (χ2v) is 13.9. The van der Waals surface area contributed by atoms with Crippen LogP contribution in [0.5, 0.6) is 0 Å². The first-order valence-corrected chi connectivity index (χ1v) is 17.6. The van der Waals surface area contributed by atoms with Gasteiger partial charge < -0.3 is 28.1 Å². The fraction of sp³-hybridized carbons (Fsp3) is 0.778. The third-order valence-corrected chi connectivity index (χ3v) is 9.86. The summed E-state index contributed by atoms with van der Waals surface area (Å²) in [6, 6.07) is 0. The zero-order chi connectivity index (χ0) is 27.7. The molecule has 6 atom stereocenters. The molecule has 210 valence electrons. The molecule has 0 aliphatic heterocycles. The lowest BCUT2D eigenvalue weighted by atomic mass is 10.2. The summed E-state index contributed by atoms with van der Waals surface area (Å²) in [7, 11) is 5.45. The number of esters is 4. The van der Waals surface area contributed by atoms with Crippen molar-refractivity contribution >= 4 is 89.2 Å². The minimum atomic E-state index is -2.51. The van der Waals surface area contributed by atoms with Gasteiger partial charge in [-0.05, 0) is 0 Å². The van der Waals surface area contributed by atoms with E-state index in [1.807, 2.05) is 0 Å². The molecule has 0 radical (unpaired) electrons. The average Bonchev–Trinajstić information content (AvgIpc) is 2.71. The van der Waals surface area contributed by atoms with Crippen molar-refractivity contribution < 1.29 is 55.6 Å². The molecule has 0 N–H and O–H groups in total. The fourth-order valence-electron chi connectivity index (χ4n) is 2.41. The zero-order valence-corrected chi connectivity index (χ0v) is 24.8. The maximum absolute atomic E-state index is 11.4. The van der Waals surface area contributed by atoms with Crippen LogP contribution in [0.3, 0.4) is 0 Å². The Bertz CT molecular complexity index is 673. The molecule has 0 aromatic rings. The van der Waals surface area contributed by atoms with E-state index < -0.39 is 82.0 Å². The van der Waals surface area contributed by atoms with Crippen LogP contribution in [0.4, 0.5) is 0 Å². The van der Waals surface area contributed by atoms with E-state index >= 15 is 0 Å². The van der Waals surface area contributed by atoms with Gasteiger partial charge in [-0.3, -0.25) is 27.6 Å². The molecule has 0 heterocycles. The highest BCUT2D eigenvalue weighted by atomic mass is 33.1. The monoisotopic (exact) mass is 628 g/mol. The summed E-state index contributed by atoms with van der Waals surface area (Å²) >= 11 is -5.02. The van der Waals surface area contributed by atoms with Gasteiger partial charge in [0.15, 0.2) is 0 Å². The SMILES string of the molecule is CC(=O)O[C@@H](CS(=O)[O-])[C@@H](CSSCCSSC[C@@H](OC(C)=O)[C@H](CS(=O)[O-])OC(C)=O)OC(C)=O. The molecule has 0 aliphatic rings. The van der Waals surface area contributed by atoms with Crippen LogP contribution in [-0.4, -0.2) is 100 Å². The van der Waals surface area contributed by atoms with E-state index in [0.717, 1.165) is 13.8 Å². The first-order valence-electron chi connectivity index (χ1n) is 10.1. The Morgan fingerprint density at radius 2 is 0.861 bits per heavy atom. The van der Waals surface area contributed by atoms with Gasteiger partial charge in [0, 0.05) is 50.7 Å². The number of carbonyl (C=O) groups is 4. The van der Waals surface area contributed by atoms with Crippen molar-refractivity contribution in [2.24, 2.45) is 0 Å². The van der Waals surface area contributed by atoms with Gasteiger partial charge in [-0.15, -0.1) is 0 Å². The minimum Gasteiger partial charge on any atom is -0.772 e. The van der Waals surface area contributed by atoms with Gasteiger partial charge >= 0.3 is 23.9 Å². The van der Waals surface area contributed by atoms with Crippen molar-refractivity contribution in [2.45, 2.75) is 52.1 Å². The lowest BCUT2D eigenvalue weighted by Gasteiger charge is -2.26. The Hall–Kier alpha value is -0.500. The van der Waals surface area contributed by atoms with E-state index in [1.165, 1.54) is 57.0 Å². The standard InChI is InChI=1S/C18H30O12S6/c1-11(19)27-15(17(9-35(23)24)29-13(3)21)7-33-31-5-6-32-34-8-16(28-12(2)20)18(10-36(25)26)30-14(4)22/h15-18H,5-10H2,1-4H3,(H,23,24)(H,25,26)/p-2/t15-,16-,17+,18+/m1/s1. The minimum absolute atomic E-state index is 0.183. The summed E-state index contributed by atoms with van der Waals surface area (Å²) in [5.74, 6) is -2.07. The van der Waals surface area contributed by atoms with Crippen LogP contribution in [0, 0.1) is 0 Å². The summed E-state index contributed by atoms with van der Waals surface area (Å²) in [6.45, 7) is 4.59. The Labute approximate surface area is 230 Å². The first-order chi connectivity index (χ1) is 16.8. The summed E-state index contributed by atoms with van der Waals surface area (Å²) < 4.78 is 64.6. The Morgan fingerprint density at radius 1 is 0.583 bits per heavy atom. The molecule has 0 amide bonds. The van der Waals surface area contributed by atoms with Crippen LogP contribution in [-0.2, 0) is 60.3 Å². The van der Waals surface area contributed by atoms with Gasteiger partial charge in [0.25, 0.3) is 0 Å². The molecular formula is C18H28O12S6-2. The number of hydrogen-bond acceptors (Lipinski definition) is 16. The normalized spacial score (nSPS) is 16.1. The van der Waals surface area contributed by atoms with Gasteiger partial charge in [0.1, 0.15) is 24.4 Å². The fourth-order valence-corrected chi connectivity index (χ4v) is 8.63. The van der Waals surface area contributed by atoms with E-state index in [0.29, 0.717) is 11.5 Å². The summed E-state index contributed by atoms with van der Waals surface area (Å²) in [5, 5.41) is 0. The highest BCUT2D eigenvalue weighted by molar-refractivity contribution is 8.78. The number of carbonyl (C=O) groups excluding carboxylic acids is 4. The van der Waals surface area contributed by atoms with Gasteiger partial charge in [-0.25, -0.2) is 0 Å². The summed E-state index contributed by atoms with van der Waals surface area (Å²) in [4.78, 5) is 45.4. The van der Waals surface area contributed by atoms with E-state index in [9.17, 15) is 36.7 Å². The maximum Gasteiger partial charge on any atom is 0.303 e. The molecular weight excluding hydrogens is 601 g/mol. The lowest BCUT2D eigenvalue weighted by molar-refractivity contribution is -0.161. The van der Waals surface area contributed by atoms with Crippen molar-refractivity contribution in [1.82, 2.24) is 0 Å². The predicted octanol–water partition coefficient (Wildman–Crippen LogP) is 1.23. The molecule has 0 spiro atoms. The average molecular weight is 629 g/mol. The molecule has 0 rings (SSSR count). The van der Waals surface area contributed by atoms with E-state index in [2.05, 4.69) is 0 Å². The van der Waals surface area contributed by atoms with E-state index in [1.54, 1.807) is 0 Å². The Kier molecular flexibility index (Phi) is 20.2.